The first-order valence-corrected chi connectivity index (χ1v) is 9.59. The summed E-state index contributed by atoms with van der Waals surface area (Å²) < 4.78 is 0.527. The molecule has 0 atom stereocenters. The normalized spacial score (nSPS) is 10.9. The number of carbonyl (C=O) groups excluding carboxylic acids is 2. The van der Waals surface area contributed by atoms with Crippen LogP contribution in [-0.2, 0) is 9.59 Å². The number of nitrogens with zero attached hydrogens (tertiary/aromatic N) is 1. The van der Waals surface area contributed by atoms with Crippen LogP contribution in [0.4, 0.5) is 5.69 Å². The molecule has 0 spiro atoms. The minimum Gasteiger partial charge on any atom is -0.481 e. The summed E-state index contributed by atoms with van der Waals surface area (Å²) in [6, 6.07) is 12.2. The molecule has 0 unspecified atom stereocenters. The molecule has 2 amide bonds. The fourth-order valence-corrected chi connectivity index (χ4v) is 2.89. The van der Waals surface area contributed by atoms with Crippen LogP contribution in [0.1, 0.15) is 28.8 Å². The number of nitro groups is 1. The van der Waals surface area contributed by atoms with Crippen molar-refractivity contribution in [3.8, 4) is 0 Å². The lowest BCUT2D eigenvalue weighted by atomic mass is 10.1. The average molecular weight is 476 g/mol. The van der Waals surface area contributed by atoms with Crippen molar-refractivity contribution in [3.63, 3.8) is 0 Å². The van der Waals surface area contributed by atoms with Crippen molar-refractivity contribution in [2.45, 2.75) is 12.8 Å². The number of aliphatic carboxylic acids is 1. The van der Waals surface area contributed by atoms with E-state index in [1.165, 1.54) is 24.3 Å². The summed E-state index contributed by atoms with van der Waals surface area (Å²) in [5.41, 5.74) is 0.335. The lowest BCUT2D eigenvalue weighted by Crippen LogP contribution is -2.35. The van der Waals surface area contributed by atoms with Gasteiger partial charge in [-0.2, -0.15) is 0 Å². The van der Waals surface area contributed by atoms with Gasteiger partial charge in [0, 0.05) is 29.6 Å². The standard InChI is InChI=1S/C20H18BrN3O6/c21-16-8-2-1-7-15(16)19(27)23-17(20(28)22-10-4-9-18(25)26)12-13-5-3-6-14(11-13)24(29)30/h1-3,5-8,11-12H,4,9-10H2,(H,22,28)(H,23,27)(H,25,26). The van der Waals surface area contributed by atoms with Crippen LogP contribution in [0.25, 0.3) is 6.08 Å². The molecule has 0 bridgehead atoms. The van der Waals surface area contributed by atoms with Crippen LogP contribution in [0.5, 0.6) is 0 Å². The second-order valence-corrected chi connectivity index (χ2v) is 6.95. The number of carbonyl (C=O) groups is 3. The number of rotatable bonds is 9. The Morgan fingerprint density at radius 1 is 1.13 bits per heavy atom. The lowest BCUT2D eigenvalue weighted by Gasteiger charge is -2.12. The zero-order valence-electron chi connectivity index (χ0n) is 15.6. The first kappa shape index (κ1) is 22.8. The molecule has 2 rings (SSSR count). The molecule has 2 aromatic carbocycles. The third kappa shape index (κ3) is 6.82. The van der Waals surface area contributed by atoms with Crippen molar-refractivity contribution in [3.05, 3.63) is 79.9 Å². The van der Waals surface area contributed by atoms with Gasteiger partial charge in [-0.15, -0.1) is 0 Å². The number of hydrogen-bond acceptors (Lipinski definition) is 5. The highest BCUT2D eigenvalue weighted by molar-refractivity contribution is 9.10. The molecular weight excluding hydrogens is 458 g/mol. The van der Waals surface area contributed by atoms with E-state index in [9.17, 15) is 24.5 Å². The van der Waals surface area contributed by atoms with E-state index in [4.69, 9.17) is 5.11 Å². The maximum Gasteiger partial charge on any atom is 0.303 e. The van der Waals surface area contributed by atoms with Crippen molar-refractivity contribution in [2.75, 3.05) is 6.54 Å². The van der Waals surface area contributed by atoms with Crippen molar-refractivity contribution in [1.29, 1.82) is 0 Å². The minimum absolute atomic E-state index is 0.0856. The summed E-state index contributed by atoms with van der Waals surface area (Å²) in [5.74, 6) is -2.19. The second kappa shape index (κ2) is 10.9. The number of carboxylic acid groups (broad SMARTS) is 1. The summed E-state index contributed by atoms with van der Waals surface area (Å²) in [7, 11) is 0. The molecule has 3 N–H and O–H groups in total. The molecule has 0 aliphatic heterocycles. The van der Waals surface area contributed by atoms with Gasteiger partial charge >= 0.3 is 5.97 Å². The first-order valence-electron chi connectivity index (χ1n) is 8.80. The van der Waals surface area contributed by atoms with Crippen LogP contribution in [0, 0.1) is 10.1 Å². The van der Waals surface area contributed by atoms with Crippen molar-refractivity contribution < 1.29 is 24.4 Å². The number of nitro benzene ring substituents is 1. The third-order valence-electron chi connectivity index (χ3n) is 3.86. The largest absolute Gasteiger partial charge is 0.481 e. The van der Waals surface area contributed by atoms with E-state index in [2.05, 4.69) is 26.6 Å². The molecule has 0 heterocycles. The zero-order chi connectivity index (χ0) is 22.1. The smallest absolute Gasteiger partial charge is 0.303 e. The Labute approximate surface area is 180 Å². The predicted molar refractivity (Wildman–Crippen MR) is 113 cm³/mol. The van der Waals surface area contributed by atoms with E-state index in [0.29, 0.717) is 15.6 Å². The quantitative estimate of drug-likeness (QED) is 0.220. The van der Waals surface area contributed by atoms with Gasteiger partial charge in [-0.1, -0.05) is 24.3 Å². The molecule has 0 fully saturated rings. The Kier molecular flexibility index (Phi) is 8.24. The van der Waals surface area contributed by atoms with E-state index >= 15 is 0 Å². The Balaban J connectivity index is 2.27. The van der Waals surface area contributed by atoms with Gasteiger partial charge in [0.05, 0.1) is 10.5 Å². The van der Waals surface area contributed by atoms with Gasteiger partial charge in [0.25, 0.3) is 17.5 Å². The van der Waals surface area contributed by atoms with Crippen LogP contribution in [0.2, 0.25) is 0 Å². The van der Waals surface area contributed by atoms with Crippen LogP contribution in [-0.4, -0.2) is 34.4 Å². The molecular formula is C20H18BrN3O6. The monoisotopic (exact) mass is 475 g/mol. The summed E-state index contributed by atoms with van der Waals surface area (Å²) in [5, 5.41) is 24.7. The molecule has 156 valence electrons. The minimum atomic E-state index is -0.987. The van der Waals surface area contributed by atoms with Crippen LogP contribution in [0.3, 0.4) is 0 Å². The molecule has 0 radical (unpaired) electrons. The Bertz CT molecular complexity index is 1010. The fourth-order valence-electron chi connectivity index (χ4n) is 2.42. The van der Waals surface area contributed by atoms with E-state index in [1.54, 1.807) is 30.3 Å². The first-order chi connectivity index (χ1) is 14.3. The molecule has 2 aromatic rings. The molecule has 0 aromatic heterocycles. The Morgan fingerprint density at radius 3 is 2.53 bits per heavy atom. The Hall–Kier alpha value is -3.53. The number of non-ortho nitro benzene ring substituents is 1. The van der Waals surface area contributed by atoms with E-state index < -0.39 is 22.7 Å². The summed E-state index contributed by atoms with van der Waals surface area (Å²) >= 11 is 3.27. The number of hydrogen-bond donors (Lipinski definition) is 3. The Morgan fingerprint density at radius 2 is 1.87 bits per heavy atom. The number of benzene rings is 2. The molecule has 0 aliphatic rings. The van der Waals surface area contributed by atoms with Crippen LogP contribution in [0.15, 0.2) is 58.7 Å². The second-order valence-electron chi connectivity index (χ2n) is 6.10. The number of nitrogens with one attached hydrogen (secondary N) is 2. The van der Waals surface area contributed by atoms with Gasteiger partial charge in [0.1, 0.15) is 5.70 Å². The highest BCUT2D eigenvalue weighted by atomic mass is 79.9. The van der Waals surface area contributed by atoms with E-state index in [1.807, 2.05) is 0 Å². The van der Waals surface area contributed by atoms with Crippen molar-refractivity contribution in [2.24, 2.45) is 0 Å². The maximum absolute atomic E-state index is 12.6. The SMILES string of the molecule is O=C(O)CCCNC(=O)C(=Cc1cccc([N+](=O)[O-])c1)NC(=O)c1ccccc1Br. The fraction of sp³-hybridized carbons (Fsp3) is 0.150. The molecule has 0 aliphatic carbocycles. The predicted octanol–water partition coefficient (Wildman–Crippen LogP) is 3.11. The molecule has 9 nitrogen and oxygen atoms in total. The van der Waals surface area contributed by atoms with Gasteiger partial charge in [-0.25, -0.2) is 0 Å². The average Bonchev–Trinajstić information content (AvgIpc) is 2.70. The summed E-state index contributed by atoms with van der Waals surface area (Å²) in [4.78, 5) is 46.2. The highest BCUT2D eigenvalue weighted by Crippen LogP contribution is 2.18. The van der Waals surface area contributed by atoms with Gasteiger partial charge in [-0.3, -0.25) is 24.5 Å². The molecule has 30 heavy (non-hydrogen) atoms. The van der Waals surface area contributed by atoms with Gasteiger partial charge < -0.3 is 15.7 Å². The number of halogens is 1. The van der Waals surface area contributed by atoms with Gasteiger partial charge in [-0.05, 0) is 46.1 Å². The number of carboxylic acids is 1. The number of amides is 2. The lowest BCUT2D eigenvalue weighted by molar-refractivity contribution is -0.384. The van der Waals surface area contributed by atoms with Gasteiger partial charge in [0.2, 0.25) is 0 Å². The maximum atomic E-state index is 12.6. The summed E-state index contributed by atoms with van der Waals surface area (Å²) in [6.45, 7) is 0.0856. The van der Waals surface area contributed by atoms with Crippen LogP contribution < -0.4 is 10.6 Å². The highest BCUT2D eigenvalue weighted by Gasteiger charge is 2.17. The molecule has 0 saturated heterocycles. The van der Waals surface area contributed by atoms with E-state index in [-0.39, 0.29) is 30.8 Å². The van der Waals surface area contributed by atoms with Crippen LogP contribution >= 0.6 is 15.9 Å². The van der Waals surface area contributed by atoms with Crippen molar-refractivity contribution in [1.82, 2.24) is 10.6 Å². The third-order valence-corrected chi connectivity index (χ3v) is 4.55. The van der Waals surface area contributed by atoms with E-state index in [0.717, 1.165) is 0 Å². The topological polar surface area (TPSA) is 139 Å². The molecule has 0 saturated carbocycles. The molecule has 10 heteroatoms. The van der Waals surface area contributed by atoms with Gasteiger partial charge in [0.15, 0.2) is 0 Å². The summed E-state index contributed by atoms with van der Waals surface area (Å²) in [6.07, 6.45) is 1.41. The van der Waals surface area contributed by atoms with Crippen molar-refractivity contribution >= 4 is 45.5 Å². The zero-order valence-corrected chi connectivity index (χ0v) is 17.2.